The Labute approximate surface area is 123 Å². The number of halogens is 1. The molecule has 0 spiro atoms. The number of aliphatic imine (C=N–C) groups is 1. The lowest BCUT2D eigenvalue weighted by atomic mass is 10.2. The van der Waals surface area contributed by atoms with E-state index in [0.29, 0.717) is 12.4 Å². The van der Waals surface area contributed by atoms with Crippen LogP contribution < -0.4 is 0 Å². The molecule has 0 fully saturated rings. The average Bonchev–Trinajstić information content (AvgIpc) is 2.41. The van der Waals surface area contributed by atoms with Crippen LogP contribution in [0.5, 0.6) is 0 Å². The van der Waals surface area contributed by atoms with Crippen LogP contribution in [0.15, 0.2) is 34.4 Å². The molecule has 19 heavy (non-hydrogen) atoms. The van der Waals surface area contributed by atoms with Crippen LogP contribution in [0.3, 0.4) is 0 Å². The second-order valence-corrected chi connectivity index (χ2v) is 4.86. The van der Waals surface area contributed by atoms with E-state index in [1.165, 1.54) is 12.1 Å². The third-order valence-corrected chi connectivity index (χ3v) is 3.42. The number of hydrogen-bond donors (Lipinski definition) is 0. The summed E-state index contributed by atoms with van der Waals surface area (Å²) in [5.74, 6) is 0.486. The highest BCUT2D eigenvalue weighted by Gasteiger charge is 2.17. The van der Waals surface area contributed by atoms with Crippen molar-refractivity contribution in [3.05, 3.63) is 39.9 Å². The standard InChI is InChI=1S/C11H11IN4O3/c1-19-10-6-13-15(11(12)14-10)7-8-2-4-9(5-3-8)16(17)18/h2-6,11H,7H2,1H3. The summed E-state index contributed by atoms with van der Waals surface area (Å²) in [5.41, 5.74) is 1.01. The number of methoxy groups -OCH3 is 1. The largest absolute Gasteiger partial charge is 0.480 e. The summed E-state index contributed by atoms with van der Waals surface area (Å²) >= 11 is 2.14. The minimum absolute atomic E-state index is 0.0802. The van der Waals surface area contributed by atoms with Gasteiger partial charge in [0.1, 0.15) is 6.21 Å². The Hall–Kier alpha value is -1.71. The molecule has 7 nitrogen and oxygen atoms in total. The first-order chi connectivity index (χ1) is 9.10. The third-order valence-electron chi connectivity index (χ3n) is 2.50. The lowest BCUT2D eigenvalue weighted by Gasteiger charge is -2.25. The number of nitrogens with zero attached hydrogens (tertiary/aromatic N) is 4. The number of hydrogen-bond acceptors (Lipinski definition) is 6. The van der Waals surface area contributed by atoms with Gasteiger partial charge in [-0.3, -0.25) is 15.1 Å². The zero-order valence-corrected chi connectivity index (χ0v) is 12.2. The van der Waals surface area contributed by atoms with Crippen LogP contribution in [0.4, 0.5) is 5.69 Å². The van der Waals surface area contributed by atoms with Gasteiger partial charge in [-0.15, -0.1) is 0 Å². The van der Waals surface area contributed by atoms with Gasteiger partial charge in [0, 0.05) is 12.1 Å². The molecule has 1 heterocycles. The number of ether oxygens (including phenoxy) is 1. The Morgan fingerprint density at radius 3 is 2.68 bits per heavy atom. The molecule has 1 aliphatic heterocycles. The van der Waals surface area contributed by atoms with Gasteiger partial charge in [0.25, 0.3) is 5.69 Å². The lowest BCUT2D eigenvalue weighted by Crippen LogP contribution is -2.30. The zero-order chi connectivity index (χ0) is 13.8. The lowest BCUT2D eigenvalue weighted by molar-refractivity contribution is -0.384. The SMILES string of the molecule is COC1=NC(I)N(Cc2ccc([N+](=O)[O-])cc2)N=C1. The number of rotatable bonds is 3. The minimum Gasteiger partial charge on any atom is -0.480 e. The highest BCUT2D eigenvalue weighted by atomic mass is 127. The summed E-state index contributed by atoms with van der Waals surface area (Å²) in [7, 11) is 1.54. The summed E-state index contributed by atoms with van der Waals surface area (Å²) < 4.78 is 4.84. The normalized spacial score (nSPS) is 18.1. The Balaban J connectivity index is 2.04. The quantitative estimate of drug-likeness (QED) is 0.267. The highest BCUT2D eigenvalue weighted by Crippen LogP contribution is 2.19. The molecule has 0 aromatic heterocycles. The van der Waals surface area contributed by atoms with Crippen molar-refractivity contribution in [2.24, 2.45) is 10.1 Å². The van der Waals surface area contributed by atoms with Gasteiger partial charge in [-0.05, 0) is 28.2 Å². The maximum Gasteiger partial charge on any atom is 0.269 e. The average molecular weight is 374 g/mol. The fourth-order valence-corrected chi connectivity index (χ4v) is 2.13. The second-order valence-electron chi connectivity index (χ2n) is 3.75. The van der Waals surface area contributed by atoms with Gasteiger partial charge in [-0.2, -0.15) is 5.10 Å². The minimum atomic E-state index is -0.418. The monoisotopic (exact) mass is 374 g/mol. The zero-order valence-electron chi connectivity index (χ0n) is 10.1. The topological polar surface area (TPSA) is 80.3 Å². The Kier molecular flexibility index (Phi) is 4.30. The van der Waals surface area contributed by atoms with Crippen LogP contribution in [0.2, 0.25) is 0 Å². The number of benzene rings is 1. The van der Waals surface area contributed by atoms with Crippen LogP contribution in [0.1, 0.15) is 5.56 Å². The first kappa shape index (κ1) is 13.7. The van der Waals surface area contributed by atoms with E-state index in [9.17, 15) is 10.1 Å². The first-order valence-corrected chi connectivity index (χ1v) is 6.64. The van der Waals surface area contributed by atoms with Crippen LogP contribution in [-0.2, 0) is 11.3 Å². The van der Waals surface area contributed by atoms with Gasteiger partial charge in [0.15, 0.2) is 4.17 Å². The number of hydrazone groups is 1. The number of nitro groups is 1. The molecular formula is C11H11IN4O3. The Morgan fingerprint density at radius 2 is 2.16 bits per heavy atom. The molecule has 2 rings (SSSR count). The van der Waals surface area contributed by atoms with E-state index in [1.54, 1.807) is 30.5 Å². The summed E-state index contributed by atoms with van der Waals surface area (Å²) in [6.45, 7) is 0.530. The molecule has 1 aromatic carbocycles. The van der Waals surface area contributed by atoms with Gasteiger partial charge < -0.3 is 4.74 Å². The van der Waals surface area contributed by atoms with E-state index in [2.05, 4.69) is 32.7 Å². The number of alkyl halides is 1. The fourth-order valence-electron chi connectivity index (χ4n) is 1.52. The Bertz CT molecular complexity index is 529. The van der Waals surface area contributed by atoms with Crippen molar-refractivity contribution in [3.8, 4) is 0 Å². The van der Waals surface area contributed by atoms with Crippen LogP contribution in [-0.4, -0.2) is 33.3 Å². The molecule has 0 saturated heterocycles. The molecule has 0 aliphatic carbocycles. The Morgan fingerprint density at radius 1 is 1.47 bits per heavy atom. The molecule has 100 valence electrons. The van der Waals surface area contributed by atoms with Crippen LogP contribution >= 0.6 is 22.6 Å². The summed E-state index contributed by atoms with van der Waals surface area (Å²) in [6.07, 6.45) is 1.54. The van der Waals surface area contributed by atoms with Crippen molar-refractivity contribution in [1.29, 1.82) is 0 Å². The van der Waals surface area contributed by atoms with Crippen molar-refractivity contribution in [2.45, 2.75) is 10.7 Å². The van der Waals surface area contributed by atoms with Gasteiger partial charge in [-0.1, -0.05) is 12.1 Å². The molecule has 1 aromatic rings. The maximum atomic E-state index is 10.6. The van der Waals surface area contributed by atoms with E-state index < -0.39 is 4.92 Å². The van der Waals surface area contributed by atoms with E-state index in [-0.39, 0.29) is 9.86 Å². The first-order valence-electron chi connectivity index (χ1n) is 5.40. The van der Waals surface area contributed by atoms with Crippen LogP contribution in [0, 0.1) is 10.1 Å². The molecule has 1 atom stereocenters. The van der Waals surface area contributed by atoms with Gasteiger partial charge in [-0.25, -0.2) is 4.99 Å². The predicted octanol–water partition coefficient (Wildman–Crippen LogP) is 2.16. The molecule has 0 bridgehead atoms. The van der Waals surface area contributed by atoms with Crippen molar-refractivity contribution >= 4 is 40.4 Å². The second kappa shape index (κ2) is 5.95. The van der Waals surface area contributed by atoms with Gasteiger partial charge in [0.2, 0.25) is 5.90 Å². The molecule has 1 aliphatic rings. The summed E-state index contributed by atoms with van der Waals surface area (Å²) in [4.78, 5) is 14.4. The van der Waals surface area contributed by atoms with E-state index >= 15 is 0 Å². The molecule has 1 unspecified atom stereocenters. The number of non-ortho nitro benzene ring substituents is 1. The molecule has 0 amide bonds. The third kappa shape index (κ3) is 3.40. The van der Waals surface area contributed by atoms with Crippen molar-refractivity contribution in [2.75, 3.05) is 7.11 Å². The molecule has 0 N–H and O–H groups in total. The molecular weight excluding hydrogens is 363 g/mol. The molecule has 8 heteroatoms. The van der Waals surface area contributed by atoms with Gasteiger partial charge in [0.05, 0.1) is 18.6 Å². The fraction of sp³-hybridized carbons (Fsp3) is 0.273. The van der Waals surface area contributed by atoms with E-state index in [4.69, 9.17) is 4.74 Å². The molecule has 0 radical (unpaired) electrons. The predicted molar refractivity (Wildman–Crippen MR) is 79.4 cm³/mol. The summed E-state index contributed by atoms with van der Waals surface area (Å²) in [6, 6.07) is 6.39. The smallest absolute Gasteiger partial charge is 0.269 e. The van der Waals surface area contributed by atoms with E-state index in [0.717, 1.165) is 5.56 Å². The summed E-state index contributed by atoms with van der Waals surface area (Å²) in [5, 5.41) is 16.6. The maximum absolute atomic E-state index is 10.6. The van der Waals surface area contributed by atoms with Crippen molar-refractivity contribution < 1.29 is 9.66 Å². The molecule has 0 saturated carbocycles. The van der Waals surface area contributed by atoms with Crippen molar-refractivity contribution in [3.63, 3.8) is 0 Å². The van der Waals surface area contributed by atoms with Gasteiger partial charge >= 0.3 is 0 Å². The van der Waals surface area contributed by atoms with E-state index in [1.807, 2.05) is 0 Å². The van der Waals surface area contributed by atoms with Crippen LogP contribution in [0.25, 0.3) is 0 Å². The van der Waals surface area contributed by atoms with Crippen molar-refractivity contribution in [1.82, 2.24) is 5.01 Å². The number of nitro benzene ring substituents is 1. The highest BCUT2D eigenvalue weighted by molar-refractivity contribution is 14.1.